The maximum absolute atomic E-state index is 5.70. The summed E-state index contributed by atoms with van der Waals surface area (Å²) in [6, 6.07) is 5.67. The van der Waals surface area contributed by atoms with E-state index in [1.165, 1.54) is 0 Å². The molecule has 0 saturated heterocycles. The van der Waals surface area contributed by atoms with E-state index >= 15 is 0 Å². The van der Waals surface area contributed by atoms with Crippen molar-refractivity contribution in [1.29, 1.82) is 0 Å². The third-order valence-corrected chi connectivity index (χ3v) is 2.39. The number of rotatable bonds is 2. The second kappa shape index (κ2) is 3.73. The number of allylic oxidation sites excluding steroid dienone is 1. The molecule has 0 bridgehead atoms. The van der Waals surface area contributed by atoms with Crippen molar-refractivity contribution >= 4 is 11.4 Å². The largest absolute Gasteiger partial charge is 0.494 e. The lowest BCUT2D eigenvalue weighted by atomic mass is 10.2. The molecule has 4 heteroatoms. The van der Waals surface area contributed by atoms with Crippen LogP contribution in [0.2, 0.25) is 0 Å². The van der Waals surface area contributed by atoms with Crippen LogP contribution in [0.15, 0.2) is 30.1 Å². The minimum atomic E-state index is 0.712. The predicted octanol–water partition coefficient (Wildman–Crippen LogP) is 1.51. The first kappa shape index (κ1) is 9.71. The van der Waals surface area contributed by atoms with Gasteiger partial charge in [-0.3, -0.25) is 0 Å². The van der Waals surface area contributed by atoms with Gasteiger partial charge in [-0.05, 0) is 19.1 Å². The van der Waals surface area contributed by atoms with E-state index in [-0.39, 0.29) is 0 Å². The van der Waals surface area contributed by atoms with E-state index in [0.717, 1.165) is 23.8 Å². The molecule has 15 heavy (non-hydrogen) atoms. The van der Waals surface area contributed by atoms with Crippen LogP contribution in [0, 0.1) is 0 Å². The fourth-order valence-corrected chi connectivity index (χ4v) is 1.62. The molecular formula is C11H15N3O. The molecular weight excluding hydrogens is 190 g/mol. The van der Waals surface area contributed by atoms with E-state index in [4.69, 9.17) is 10.5 Å². The number of methoxy groups -OCH3 is 1. The van der Waals surface area contributed by atoms with Crippen LogP contribution in [0.1, 0.15) is 6.92 Å². The van der Waals surface area contributed by atoms with Crippen molar-refractivity contribution in [3.8, 4) is 5.75 Å². The summed E-state index contributed by atoms with van der Waals surface area (Å²) in [6.45, 7) is 2.80. The molecule has 0 aromatic heterocycles. The number of nitrogens with zero attached hydrogens (tertiary/aromatic N) is 1. The molecule has 3 N–H and O–H groups in total. The van der Waals surface area contributed by atoms with Gasteiger partial charge in [0.05, 0.1) is 19.5 Å². The summed E-state index contributed by atoms with van der Waals surface area (Å²) < 4.78 is 5.30. The third kappa shape index (κ3) is 1.83. The number of hydrogen-bond donors (Lipinski definition) is 2. The Bertz CT molecular complexity index is 401. The van der Waals surface area contributed by atoms with Crippen LogP contribution < -0.4 is 20.7 Å². The molecule has 0 atom stereocenters. The van der Waals surface area contributed by atoms with Crippen molar-refractivity contribution < 1.29 is 4.74 Å². The molecule has 0 unspecified atom stereocenters. The van der Waals surface area contributed by atoms with Gasteiger partial charge in [-0.2, -0.15) is 0 Å². The maximum atomic E-state index is 5.70. The van der Waals surface area contributed by atoms with Gasteiger partial charge in [-0.15, -0.1) is 0 Å². The fourth-order valence-electron chi connectivity index (χ4n) is 1.62. The molecule has 0 fully saturated rings. The van der Waals surface area contributed by atoms with Crippen LogP contribution in [0.25, 0.3) is 0 Å². The van der Waals surface area contributed by atoms with Gasteiger partial charge in [0, 0.05) is 23.7 Å². The van der Waals surface area contributed by atoms with Crippen LogP contribution in [0.4, 0.5) is 11.4 Å². The average Bonchev–Trinajstić information content (AvgIpc) is 2.64. The normalized spacial score (nSPS) is 14.8. The molecule has 2 rings (SSSR count). The zero-order valence-corrected chi connectivity index (χ0v) is 8.95. The molecule has 0 amide bonds. The molecule has 4 nitrogen and oxygen atoms in total. The molecule has 0 aliphatic carbocycles. The van der Waals surface area contributed by atoms with E-state index in [1.54, 1.807) is 7.11 Å². The van der Waals surface area contributed by atoms with Gasteiger partial charge >= 0.3 is 0 Å². The van der Waals surface area contributed by atoms with E-state index < -0.39 is 0 Å². The second-order valence-corrected chi connectivity index (χ2v) is 3.55. The number of ether oxygens (including phenoxy) is 1. The molecule has 0 spiro atoms. The smallest absolute Gasteiger partial charge is 0.144 e. The van der Waals surface area contributed by atoms with Gasteiger partial charge in [0.1, 0.15) is 5.75 Å². The Morgan fingerprint density at radius 3 is 2.87 bits per heavy atom. The molecule has 80 valence electrons. The van der Waals surface area contributed by atoms with Crippen molar-refractivity contribution in [3.05, 3.63) is 30.1 Å². The molecule has 1 aliphatic rings. The Morgan fingerprint density at radius 1 is 1.47 bits per heavy atom. The van der Waals surface area contributed by atoms with Crippen LogP contribution >= 0.6 is 0 Å². The standard InChI is InChI=1S/C11H15N3O/c1-8-6-14(7-13-8)10-4-3-9(12)5-11(10)15-2/h3-6,13H,7,12H2,1-2H3. The molecule has 1 aliphatic heterocycles. The number of nitrogens with one attached hydrogen (secondary N) is 1. The van der Waals surface area contributed by atoms with Crippen molar-refractivity contribution in [3.63, 3.8) is 0 Å². The third-order valence-electron chi connectivity index (χ3n) is 2.39. The van der Waals surface area contributed by atoms with Gasteiger partial charge in [0.25, 0.3) is 0 Å². The van der Waals surface area contributed by atoms with E-state index in [1.807, 2.05) is 31.3 Å². The zero-order chi connectivity index (χ0) is 10.8. The van der Waals surface area contributed by atoms with Crippen LogP contribution in [0.5, 0.6) is 5.75 Å². The lowest BCUT2D eigenvalue weighted by Crippen LogP contribution is -2.20. The van der Waals surface area contributed by atoms with E-state index in [0.29, 0.717) is 5.69 Å². The van der Waals surface area contributed by atoms with Gasteiger partial charge < -0.3 is 20.7 Å². The quantitative estimate of drug-likeness (QED) is 0.718. The first-order valence-corrected chi connectivity index (χ1v) is 4.83. The first-order valence-electron chi connectivity index (χ1n) is 4.83. The highest BCUT2D eigenvalue weighted by atomic mass is 16.5. The SMILES string of the molecule is COc1cc(N)ccc1N1C=C(C)NC1. The molecule has 0 radical (unpaired) electrons. The highest BCUT2D eigenvalue weighted by Gasteiger charge is 2.14. The van der Waals surface area contributed by atoms with Crippen LogP contribution in [0.3, 0.4) is 0 Å². The van der Waals surface area contributed by atoms with Crippen LogP contribution in [-0.4, -0.2) is 13.8 Å². The Balaban J connectivity index is 2.35. The topological polar surface area (TPSA) is 50.5 Å². The number of hydrogen-bond acceptors (Lipinski definition) is 4. The Kier molecular flexibility index (Phi) is 2.41. The fraction of sp³-hybridized carbons (Fsp3) is 0.273. The molecule has 1 aromatic carbocycles. The van der Waals surface area contributed by atoms with E-state index in [2.05, 4.69) is 10.2 Å². The predicted molar refractivity (Wildman–Crippen MR) is 61.6 cm³/mol. The number of nitrogens with two attached hydrogens (primary N) is 1. The monoisotopic (exact) mass is 205 g/mol. The summed E-state index contributed by atoms with van der Waals surface area (Å²) in [6.07, 6.45) is 2.05. The van der Waals surface area contributed by atoms with Gasteiger partial charge in [0.15, 0.2) is 0 Å². The summed E-state index contributed by atoms with van der Waals surface area (Å²) in [5.41, 5.74) is 8.58. The number of anilines is 2. The molecule has 0 saturated carbocycles. The Labute approximate surface area is 89.3 Å². The van der Waals surface area contributed by atoms with Crippen molar-refractivity contribution in [2.45, 2.75) is 6.92 Å². The van der Waals surface area contributed by atoms with Crippen molar-refractivity contribution in [1.82, 2.24) is 5.32 Å². The van der Waals surface area contributed by atoms with Crippen molar-refractivity contribution in [2.24, 2.45) is 0 Å². The van der Waals surface area contributed by atoms with E-state index in [9.17, 15) is 0 Å². The summed E-state index contributed by atoms with van der Waals surface area (Å²) in [5, 5.41) is 3.23. The lowest BCUT2D eigenvalue weighted by Gasteiger charge is -2.18. The highest BCUT2D eigenvalue weighted by molar-refractivity contribution is 5.66. The average molecular weight is 205 g/mol. The lowest BCUT2D eigenvalue weighted by molar-refractivity contribution is 0.415. The first-order chi connectivity index (χ1) is 7.20. The maximum Gasteiger partial charge on any atom is 0.144 e. The Hall–Kier alpha value is -1.84. The second-order valence-electron chi connectivity index (χ2n) is 3.55. The van der Waals surface area contributed by atoms with Gasteiger partial charge in [-0.1, -0.05) is 0 Å². The van der Waals surface area contributed by atoms with Crippen LogP contribution in [-0.2, 0) is 0 Å². The highest BCUT2D eigenvalue weighted by Crippen LogP contribution is 2.31. The summed E-state index contributed by atoms with van der Waals surface area (Å²) in [5.74, 6) is 0.794. The Morgan fingerprint density at radius 2 is 2.27 bits per heavy atom. The molecule has 1 aromatic rings. The minimum absolute atomic E-state index is 0.712. The van der Waals surface area contributed by atoms with Gasteiger partial charge in [0.2, 0.25) is 0 Å². The van der Waals surface area contributed by atoms with Crippen molar-refractivity contribution in [2.75, 3.05) is 24.4 Å². The number of nitrogen functional groups attached to an aromatic ring is 1. The summed E-state index contributed by atoms with van der Waals surface area (Å²) >= 11 is 0. The zero-order valence-electron chi connectivity index (χ0n) is 8.95. The minimum Gasteiger partial charge on any atom is -0.494 e. The summed E-state index contributed by atoms with van der Waals surface area (Å²) in [7, 11) is 1.65. The molecule has 1 heterocycles. The summed E-state index contributed by atoms with van der Waals surface area (Å²) in [4.78, 5) is 2.09. The van der Waals surface area contributed by atoms with Gasteiger partial charge in [-0.25, -0.2) is 0 Å². The number of benzene rings is 1.